The predicted octanol–water partition coefficient (Wildman–Crippen LogP) is 4.24. The lowest BCUT2D eigenvalue weighted by Crippen LogP contribution is -2.62. The maximum atomic E-state index is 13.4. The first-order valence-corrected chi connectivity index (χ1v) is 11.5. The lowest BCUT2D eigenvalue weighted by molar-refractivity contribution is -0.148. The standard InChI is InChI=1S/C26H31N3O2/c1-26(2,19-10-4-3-5-11-19)27-25(31)29-15-8-13-21-23(29)17-22-20-12-7-6-9-18(20)14-16-28(22)24(21)30/h3-7,9-12,21-23H,8,13-17H2,1-2H3,(H,27,31)/t21-,22-,23-/m0/s1. The fourth-order valence-electron chi connectivity index (χ4n) is 5.77. The number of likely N-dealkylation sites (tertiary alicyclic amines) is 1. The molecule has 0 aliphatic carbocycles. The number of hydrogen-bond donors (Lipinski definition) is 1. The van der Waals surface area contributed by atoms with Gasteiger partial charge >= 0.3 is 6.03 Å². The Bertz CT molecular complexity index is 987. The summed E-state index contributed by atoms with van der Waals surface area (Å²) in [5, 5.41) is 3.24. The van der Waals surface area contributed by atoms with Gasteiger partial charge in [-0.05, 0) is 56.2 Å². The molecule has 5 heteroatoms. The van der Waals surface area contributed by atoms with Gasteiger partial charge in [0.1, 0.15) is 0 Å². The quantitative estimate of drug-likeness (QED) is 0.795. The van der Waals surface area contributed by atoms with Crippen LogP contribution in [0.25, 0.3) is 0 Å². The zero-order valence-corrected chi connectivity index (χ0v) is 18.4. The molecule has 2 fully saturated rings. The molecule has 0 radical (unpaired) electrons. The van der Waals surface area contributed by atoms with Crippen molar-refractivity contribution < 1.29 is 9.59 Å². The minimum Gasteiger partial charge on any atom is -0.335 e. The van der Waals surface area contributed by atoms with Gasteiger partial charge in [0, 0.05) is 19.1 Å². The van der Waals surface area contributed by atoms with E-state index in [0.717, 1.165) is 37.8 Å². The number of urea groups is 1. The second-order valence-corrected chi connectivity index (χ2v) is 9.66. The van der Waals surface area contributed by atoms with E-state index in [1.165, 1.54) is 11.1 Å². The molecule has 2 aromatic rings. The van der Waals surface area contributed by atoms with E-state index in [4.69, 9.17) is 0 Å². The summed E-state index contributed by atoms with van der Waals surface area (Å²) in [6.45, 7) is 5.57. The third kappa shape index (κ3) is 3.50. The van der Waals surface area contributed by atoms with Crippen LogP contribution >= 0.6 is 0 Å². The molecule has 1 N–H and O–H groups in total. The zero-order valence-electron chi connectivity index (χ0n) is 18.4. The number of piperidine rings is 2. The molecule has 5 rings (SSSR count). The number of carbonyl (C=O) groups is 2. The van der Waals surface area contributed by atoms with Crippen molar-refractivity contribution in [1.29, 1.82) is 0 Å². The lowest BCUT2D eigenvalue weighted by atomic mass is 9.76. The minimum atomic E-state index is -0.479. The smallest absolute Gasteiger partial charge is 0.318 e. The van der Waals surface area contributed by atoms with Crippen molar-refractivity contribution in [1.82, 2.24) is 15.1 Å². The molecule has 5 nitrogen and oxygen atoms in total. The monoisotopic (exact) mass is 417 g/mol. The molecule has 31 heavy (non-hydrogen) atoms. The minimum absolute atomic E-state index is 0.0415. The third-order valence-corrected chi connectivity index (χ3v) is 7.43. The average Bonchev–Trinajstić information content (AvgIpc) is 2.79. The number of rotatable bonds is 2. The highest BCUT2D eigenvalue weighted by atomic mass is 16.2. The van der Waals surface area contributed by atoms with Crippen LogP contribution in [-0.2, 0) is 16.8 Å². The van der Waals surface area contributed by atoms with Crippen molar-refractivity contribution >= 4 is 11.9 Å². The molecule has 0 saturated carbocycles. The fraction of sp³-hybridized carbons (Fsp3) is 0.462. The highest BCUT2D eigenvalue weighted by Gasteiger charge is 2.49. The van der Waals surface area contributed by atoms with Gasteiger partial charge in [0.25, 0.3) is 0 Å². The fourth-order valence-corrected chi connectivity index (χ4v) is 5.77. The molecule has 162 valence electrons. The highest BCUT2D eigenvalue weighted by molar-refractivity contribution is 5.84. The first-order valence-electron chi connectivity index (χ1n) is 11.5. The SMILES string of the molecule is CC(C)(NC(=O)N1CCC[C@@H]2C(=O)N3CCc4ccccc4[C@@H]3C[C@@H]21)c1ccccc1. The molecule has 3 amide bonds. The van der Waals surface area contributed by atoms with Crippen molar-refractivity contribution in [2.75, 3.05) is 13.1 Å². The Hall–Kier alpha value is -2.82. The van der Waals surface area contributed by atoms with E-state index >= 15 is 0 Å². The molecule has 3 aliphatic heterocycles. The number of nitrogens with zero attached hydrogens (tertiary/aromatic N) is 2. The van der Waals surface area contributed by atoms with Crippen LogP contribution in [0, 0.1) is 5.92 Å². The molecular weight excluding hydrogens is 386 g/mol. The number of fused-ring (bicyclic) bond motifs is 4. The molecular formula is C26H31N3O2. The predicted molar refractivity (Wildman–Crippen MR) is 120 cm³/mol. The first-order chi connectivity index (χ1) is 15.0. The Labute approximate surface area is 184 Å². The van der Waals surface area contributed by atoms with Crippen LogP contribution in [0.2, 0.25) is 0 Å². The summed E-state index contributed by atoms with van der Waals surface area (Å²) in [6.07, 6.45) is 3.50. The summed E-state index contributed by atoms with van der Waals surface area (Å²) >= 11 is 0. The largest absolute Gasteiger partial charge is 0.335 e. The summed E-state index contributed by atoms with van der Waals surface area (Å²) in [4.78, 5) is 30.9. The van der Waals surface area contributed by atoms with Crippen LogP contribution in [0.1, 0.15) is 55.8 Å². The third-order valence-electron chi connectivity index (χ3n) is 7.43. The molecule has 3 atom stereocenters. The van der Waals surface area contributed by atoms with Gasteiger partial charge < -0.3 is 15.1 Å². The van der Waals surface area contributed by atoms with Gasteiger partial charge in [-0.15, -0.1) is 0 Å². The summed E-state index contributed by atoms with van der Waals surface area (Å²) < 4.78 is 0. The van der Waals surface area contributed by atoms with Gasteiger partial charge in [-0.25, -0.2) is 4.79 Å². The first kappa shape index (κ1) is 20.1. The Morgan fingerprint density at radius 1 is 1.03 bits per heavy atom. The van der Waals surface area contributed by atoms with Crippen molar-refractivity contribution in [2.45, 2.75) is 57.2 Å². The lowest BCUT2D eigenvalue weighted by Gasteiger charge is -2.51. The van der Waals surface area contributed by atoms with Crippen molar-refractivity contribution in [3.63, 3.8) is 0 Å². The van der Waals surface area contributed by atoms with Crippen LogP contribution in [0.4, 0.5) is 4.79 Å². The van der Waals surface area contributed by atoms with Crippen molar-refractivity contribution in [2.24, 2.45) is 5.92 Å². The van der Waals surface area contributed by atoms with E-state index in [2.05, 4.69) is 34.5 Å². The van der Waals surface area contributed by atoms with Gasteiger partial charge in [-0.3, -0.25) is 4.79 Å². The number of nitrogens with one attached hydrogen (secondary N) is 1. The number of hydrogen-bond acceptors (Lipinski definition) is 2. The molecule has 0 aromatic heterocycles. The van der Waals surface area contributed by atoms with Gasteiger partial charge in [-0.1, -0.05) is 54.6 Å². The summed E-state index contributed by atoms with van der Waals surface area (Å²) in [5.41, 5.74) is 3.19. The van der Waals surface area contributed by atoms with E-state index in [0.29, 0.717) is 6.54 Å². The topological polar surface area (TPSA) is 52.7 Å². The molecule has 0 unspecified atom stereocenters. The van der Waals surface area contributed by atoms with Crippen LogP contribution in [0.5, 0.6) is 0 Å². The maximum absolute atomic E-state index is 13.4. The Balaban J connectivity index is 1.40. The second-order valence-electron chi connectivity index (χ2n) is 9.66. The van der Waals surface area contributed by atoms with Gasteiger partial charge in [0.15, 0.2) is 0 Å². The maximum Gasteiger partial charge on any atom is 0.318 e. The van der Waals surface area contributed by atoms with Crippen LogP contribution < -0.4 is 5.32 Å². The van der Waals surface area contributed by atoms with Crippen molar-refractivity contribution in [3.05, 3.63) is 71.3 Å². The molecule has 0 bridgehead atoms. The summed E-state index contributed by atoms with van der Waals surface area (Å²) in [7, 11) is 0. The molecule has 2 saturated heterocycles. The van der Waals surface area contributed by atoms with E-state index < -0.39 is 5.54 Å². The Morgan fingerprint density at radius 3 is 2.58 bits per heavy atom. The summed E-state index contributed by atoms with van der Waals surface area (Å²) in [5.74, 6) is 0.149. The van der Waals surface area contributed by atoms with E-state index in [1.54, 1.807) is 0 Å². The van der Waals surface area contributed by atoms with Gasteiger partial charge in [-0.2, -0.15) is 0 Å². The summed E-state index contributed by atoms with van der Waals surface area (Å²) in [6, 6.07) is 18.5. The Morgan fingerprint density at radius 2 is 1.77 bits per heavy atom. The van der Waals surface area contributed by atoms with Gasteiger partial charge in [0.2, 0.25) is 5.91 Å². The molecule has 2 aromatic carbocycles. The van der Waals surface area contributed by atoms with Gasteiger partial charge in [0.05, 0.1) is 17.5 Å². The van der Waals surface area contributed by atoms with E-state index in [1.807, 2.05) is 49.1 Å². The number of amides is 3. The van der Waals surface area contributed by atoms with Crippen LogP contribution in [0.15, 0.2) is 54.6 Å². The normalized spacial score (nSPS) is 25.4. The second kappa shape index (κ2) is 7.70. The molecule has 3 aliphatic rings. The molecule has 0 spiro atoms. The van der Waals surface area contributed by atoms with Crippen molar-refractivity contribution in [3.8, 4) is 0 Å². The van der Waals surface area contributed by atoms with E-state index in [-0.39, 0.29) is 29.9 Å². The van der Waals surface area contributed by atoms with Crippen LogP contribution in [-0.4, -0.2) is 40.9 Å². The van der Waals surface area contributed by atoms with Crippen LogP contribution in [0.3, 0.4) is 0 Å². The van der Waals surface area contributed by atoms with E-state index in [9.17, 15) is 9.59 Å². The zero-order chi connectivity index (χ0) is 21.6. The number of benzene rings is 2. The highest BCUT2D eigenvalue weighted by Crippen LogP contribution is 2.43. The number of carbonyl (C=O) groups excluding carboxylic acids is 2. The average molecular weight is 418 g/mol. The Kier molecular flexibility index (Phi) is 4.99. The molecule has 3 heterocycles.